The summed E-state index contributed by atoms with van der Waals surface area (Å²) >= 11 is 0. The zero-order chi connectivity index (χ0) is 14.7. The molecule has 0 radical (unpaired) electrons. The van der Waals surface area contributed by atoms with Crippen LogP contribution in [0.2, 0.25) is 0 Å². The van der Waals surface area contributed by atoms with Crippen LogP contribution in [0.1, 0.15) is 17.8 Å². The van der Waals surface area contributed by atoms with Crippen molar-refractivity contribution < 1.29 is 4.79 Å². The number of amides is 1. The van der Waals surface area contributed by atoms with Gasteiger partial charge in [-0.1, -0.05) is 30.3 Å². The predicted octanol–water partition coefficient (Wildman–Crippen LogP) is 1.19. The molecule has 5 nitrogen and oxygen atoms in total. The number of rotatable bonds is 4. The molecule has 5 heteroatoms. The van der Waals surface area contributed by atoms with Crippen LogP contribution in [0.5, 0.6) is 0 Å². The van der Waals surface area contributed by atoms with Crippen LogP contribution in [0.3, 0.4) is 0 Å². The predicted molar refractivity (Wildman–Crippen MR) is 80.4 cm³/mol. The second-order valence-electron chi connectivity index (χ2n) is 5.43. The number of benzene rings is 1. The van der Waals surface area contributed by atoms with E-state index < -0.39 is 6.04 Å². The first-order chi connectivity index (χ1) is 10.2. The lowest BCUT2D eigenvalue weighted by molar-refractivity contribution is -0.134. The maximum atomic E-state index is 12.4. The van der Waals surface area contributed by atoms with E-state index in [-0.39, 0.29) is 5.91 Å². The fraction of sp³-hybridized carbons (Fsp3) is 0.375. The molecule has 2 N–H and O–H groups in total. The van der Waals surface area contributed by atoms with Gasteiger partial charge in [-0.05, 0) is 18.4 Å². The van der Waals surface area contributed by atoms with Crippen LogP contribution in [0, 0.1) is 0 Å². The fourth-order valence-corrected chi connectivity index (χ4v) is 2.69. The van der Waals surface area contributed by atoms with Crippen molar-refractivity contribution in [3.05, 3.63) is 54.1 Å². The van der Waals surface area contributed by atoms with E-state index in [4.69, 9.17) is 5.73 Å². The van der Waals surface area contributed by atoms with Gasteiger partial charge in [0.25, 0.3) is 0 Å². The molecule has 1 amide bonds. The van der Waals surface area contributed by atoms with Gasteiger partial charge in [0.2, 0.25) is 5.91 Å². The molecule has 0 spiro atoms. The minimum atomic E-state index is -0.438. The van der Waals surface area contributed by atoms with E-state index in [1.807, 2.05) is 29.3 Å². The van der Waals surface area contributed by atoms with E-state index in [1.165, 1.54) is 5.56 Å². The van der Waals surface area contributed by atoms with E-state index in [9.17, 15) is 4.79 Å². The smallest absolute Gasteiger partial charge is 0.239 e. The van der Waals surface area contributed by atoms with Crippen LogP contribution >= 0.6 is 0 Å². The summed E-state index contributed by atoms with van der Waals surface area (Å²) in [5.74, 6) is 0.963. The Balaban J connectivity index is 1.55. The van der Waals surface area contributed by atoms with Gasteiger partial charge in [0.15, 0.2) is 0 Å². The number of hydrogen-bond acceptors (Lipinski definition) is 3. The quantitative estimate of drug-likeness (QED) is 0.917. The van der Waals surface area contributed by atoms with E-state index >= 15 is 0 Å². The highest BCUT2D eigenvalue weighted by Crippen LogP contribution is 2.13. The van der Waals surface area contributed by atoms with Gasteiger partial charge >= 0.3 is 0 Å². The Morgan fingerprint density at radius 1 is 1.29 bits per heavy atom. The molecule has 0 saturated heterocycles. The lowest BCUT2D eigenvalue weighted by atomic mass is 10.0. The van der Waals surface area contributed by atoms with Crippen LogP contribution in [0.25, 0.3) is 0 Å². The van der Waals surface area contributed by atoms with Crippen molar-refractivity contribution in [1.82, 2.24) is 14.5 Å². The van der Waals surface area contributed by atoms with Crippen LogP contribution in [0.15, 0.2) is 42.7 Å². The molecule has 1 aliphatic rings. The van der Waals surface area contributed by atoms with Gasteiger partial charge in [-0.15, -0.1) is 0 Å². The van der Waals surface area contributed by atoms with Gasteiger partial charge in [0, 0.05) is 25.5 Å². The minimum absolute atomic E-state index is 0.0279. The highest BCUT2D eigenvalue weighted by Gasteiger charge is 2.25. The molecule has 0 saturated carbocycles. The number of nitrogens with zero attached hydrogens (tertiary/aromatic N) is 3. The summed E-state index contributed by atoms with van der Waals surface area (Å²) in [6.07, 6.45) is 5.23. The second kappa shape index (κ2) is 6.10. The fourth-order valence-electron chi connectivity index (χ4n) is 2.69. The Morgan fingerprint density at radius 2 is 2.10 bits per heavy atom. The zero-order valence-corrected chi connectivity index (χ0v) is 12.0. The normalized spacial score (nSPS) is 15.6. The number of carbonyl (C=O) groups excluding carboxylic acids is 1. The van der Waals surface area contributed by atoms with Crippen molar-refractivity contribution in [3.8, 4) is 0 Å². The molecule has 1 aliphatic heterocycles. The summed E-state index contributed by atoms with van der Waals surface area (Å²) in [6, 6.07) is 9.70. The van der Waals surface area contributed by atoms with Gasteiger partial charge in [-0.3, -0.25) is 4.79 Å². The molecule has 21 heavy (non-hydrogen) atoms. The van der Waals surface area contributed by atoms with E-state index in [0.29, 0.717) is 19.5 Å². The molecule has 0 bridgehead atoms. The summed E-state index contributed by atoms with van der Waals surface area (Å²) in [5.41, 5.74) is 7.29. The third-order valence-corrected chi connectivity index (χ3v) is 3.96. The number of hydrogen-bond donors (Lipinski definition) is 1. The first kappa shape index (κ1) is 13.8. The molecule has 1 aromatic heterocycles. The number of imidazole rings is 1. The number of aryl methyl sites for hydroxylation is 1. The molecule has 0 fully saturated rings. The van der Waals surface area contributed by atoms with Crippen molar-refractivity contribution in [2.75, 3.05) is 6.54 Å². The lowest BCUT2D eigenvalue weighted by Crippen LogP contribution is -2.47. The van der Waals surface area contributed by atoms with Crippen molar-refractivity contribution in [2.45, 2.75) is 32.0 Å². The third kappa shape index (κ3) is 3.13. The van der Waals surface area contributed by atoms with Crippen molar-refractivity contribution in [1.29, 1.82) is 0 Å². The Morgan fingerprint density at radius 3 is 2.90 bits per heavy atom. The molecule has 110 valence electrons. The highest BCUT2D eigenvalue weighted by molar-refractivity contribution is 5.81. The topological polar surface area (TPSA) is 64.2 Å². The maximum Gasteiger partial charge on any atom is 0.239 e. The highest BCUT2D eigenvalue weighted by atomic mass is 16.2. The average molecular weight is 284 g/mol. The molecule has 3 rings (SSSR count). The van der Waals surface area contributed by atoms with Crippen molar-refractivity contribution in [3.63, 3.8) is 0 Å². The Kier molecular flexibility index (Phi) is 4.01. The summed E-state index contributed by atoms with van der Waals surface area (Å²) in [5, 5.41) is 0. The van der Waals surface area contributed by atoms with Gasteiger partial charge in [0.1, 0.15) is 5.82 Å². The first-order valence-corrected chi connectivity index (χ1v) is 7.32. The van der Waals surface area contributed by atoms with E-state index in [0.717, 1.165) is 18.8 Å². The maximum absolute atomic E-state index is 12.4. The lowest BCUT2D eigenvalue weighted by Gasteiger charge is -2.29. The minimum Gasteiger partial charge on any atom is -0.332 e. The molecular formula is C16H20N4O. The largest absolute Gasteiger partial charge is 0.332 e. The van der Waals surface area contributed by atoms with Gasteiger partial charge in [0.05, 0.1) is 12.6 Å². The Hall–Kier alpha value is -2.14. The molecule has 2 heterocycles. The molecule has 2 aromatic rings. The average Bonchev–Trinajstić information content (AvgIpc) is 3.00. The first-order valence-electron chi connectivity index (χ1n) is 7.32. The number of aromatic nitrogens is 2. The Labute approximate surface area is 124 Å². The second-order valence-corrected chi connectivity index (χ2v) is 5.43. The molecule has 0 aliphatic carbocycles. The van der Waals surface area contributed by atoms with E-state index in [1.54, 1.807) is 6.20 Å². The van der Waals surface area contributed by atoms with Gasteiger partial charge < -0.3 is 15.2 Å². The van der Waals surface area contributed by atoms with Gasteiger partial charge in [-0.25, -0.2) is 4.98 Å². The summed E-state index contributed by atoms with van der Waals surface area (Å²) in [4.78, 5) is 18.5. The van der Waals surface area contributed by atoms with Crippen LogP contribution in [-0.4, -0.2) is 32.9 Å². The molecule has 1 aromatic carbocycles. The SMILES string of the molecule is NC(CCc1ccccc1)C(=O)N1CCn2ccnc2C1. The zero-order valence-electron chi connectivity index (χ0n) is 12.0. The molecule has 1 atom stereocenters. The number of nitrogens with two attached hydrogens (primary N) is 1. The summed E-state index contributed by atoms with van der Waals surface area (Å²) < 4.78 is 2.08. The molecular weight excluding hydrogens is 264 g/mol. The van der Waals surface area contributed by atoms with Crippen molar-refractivity contribution in [2.24, 2.45) is 5.73 Å². The van der Waals surface area contributed by atoms with Crippen LogP contribution < -0.4 is 5.73 Å². The monoisotopic (exact) mass is 284 g/mol. The molecule has 1 unspecified atom stereocenters. The number of fused-ring (bicyclic) bond motifs is 1. The Bertz CT molecular complexity index is 608. The summed E-state index contributed by atoms with van der Waals surface area (Å²) in [7, 11) is 0. The third-order valence-electron chi connectivity index (χ3n) is 3.96. The standard InChI is InChI=1S/C16H20N4O/c17-14(7-6-13-4-2-1-3-5-13)16(21)20-11-10-19-9-8-18-15(19)12-20/h1-5,8-9,14H,6-7,10-12,17H2. The summed E-state index contributed by atoms with van der Waals surface area (Å²) in [6.45, 7) is 2.07. The number of carbonyl (C=O) groups is 1. The van der Waals surface area contributed by atoms with Crippen molar-refractivity contribution >= 4 is 5.91 Å². The van der Waals surface area contributed by atoms with E-state index in [2.05, 4.69) is 21.7 Å². The van der Waals surface area contributed by atoms with Crippen LogP contribution in [-0.2, 0) is 24.3 Å². The van der Waals surface area contributed by atoms with Crippen LogP contribution in [0.4, 0.5) is 0 Å². The van der Waals surface area contributed by atoms with Gasteiger partial charge in [-0.2, -0.15) is 0 Å².